The van der Waals surface area contributed by atoms with Crippen LogP contribution in [-0.4, -0.2) is 29.2 Å². The van der Waals surface area contributed by atoms with Crippen LogP contribution in [0.2, 0.25) is 0 Å². The van der Waals surface area contributed by atoms with Crippen LogP contribution in [0, 0.1) is 0 Å². The van der Waals surface area contributed by atoms with Gasteiger partial charge in [0, 0.05) is 11.9 Å². The maximum atomic E-state index is 12.6. The van der Waals surface area contributed by atoms with Crippen LogP contribution in [-0.2, 0) is 6.42 Å². The Morgan fingerprint density at radius 2 is 2.23 bits per heavy atom. The predicted octanol–water partition coefficient (Wildman–Crippen LogP) is 3.65. The first kappa shape index (κ1) is 15.1. The van der Waals surface area contributed by atoms with Crippen LogP contribution in [0.25, 0.3) is 0 Å². The molecule has 1 aromatic carbocycles. The Balaban J connectivity index is 1.83. The van der Waals surface area contributed by atoms with E-state index in [0.717, 1.165) is 24.9 Å². The van der Waals surface area contributed by atoms with Gasteiger partial charge in [-0.2, -0.15) is 11.3 Å². The van der Waals surface area contributed by atoms with Crippen LogP contribution in [0.5, 0.6) is 0 Å². The molecular weight excluding hydrogens is 296 g/mol. The van der Waals surface area contributed by atoms with Crippen LogP contribution < -0.4 is 5.32 Å². The van der Waals surface area contributed by atoms with Crippen LogP contribution in [0.1, 0.15) is 30.0 Å². The molecule has 1 aliphatic carbocycles. The number of thiophene rings is 1. The molecule has 1 atom stereocenters. The molecule has 116 valence electrons. The minimum absolute atomic E-state index is 0.0320. The molecule has 0 radical (unpaired) electrons. The van der Waals surface area contributed by atoms with Gasteiger partial charge in [-0.25, -0.2) is 4.79 Å². The fourth-order valence-corrected chi connectivity index (χ4v) is 3.68. The molecule has 0 aliphatic heterocycles. The molecule has 0 saturated carbocycles. The Hall–Kier alpha value is -1.85. The molecule has 4 nitrogen and oxygen atoms in total. The number of nitrogens with zero attached hydrogens (tertiary/aromatic N) is 1. The number of hydrogen-bond donors (Lipinski definition) is 2. The highest BCUT2D eigenvalue weighted by Crippen LogP contribution is 2.34. The number of amides is 2. The standard InChI is InChI=1S/C17H20N2O2S/c20-10-9-19(17(21)18-14-8-11-22-12-14)16-7-3-5-13-4-1-2-6-15(13)16/h1-2,4,6,8,11-12,16,20H,3,5,7,9-10H2,(H,18,21). The molecule has 0 fully saturated rings. The van der Waals surface area contributed by atoms with E-state index in [2.05, 4.69) is 17.4 Å². The number of hydrogen-bond acceptors (Lipinski definition) is 3. The molecule has 2 aromatic rings. The lowest BCUT2D eigenvalue weighted by atomic mass is 9.87. The second-order valence-corrected chi connectivity index (χ2v) is 6.25. The van der Waals surface area contributed by atoms with Crippen molar-refractivity contribution >= 4 is 23.1 Å². The van der Waals surface area contributed by atoms with Crippen molar-refractivity contribution in [3.05, 3.63) is 52.2 Å². The van der Waals surface area contributed by atoms with Gasteiger partial charge in [-0.1, -0.05) is 24.3 Å². The molecule has 1 unspecified atom stereocenters. The molecule has 0 saturated heterocycles. The van der Waals surface area contributed by atoms with Crippen molar-refractivity contribution in [1.29, 1.82) is 0 Å². The summed E-state index contributed by atoms with van der Waals surface area (Å²) in [5.41, 5.74) is 3.33. The minimum Gasteiger partial charge on any atom is -0.395 e. The summed E-state index contributed by atoms with van der Waals surface area (Å²) in [4.78, 5) is 14.4. The van der Waals surface area contributed by atoms with Crippen LogP contribution in [0.3, 0.4) is 0 Å². The van der Waals surface area contributed by atoms with Crippen LogP contribution in [0.15, 0.2) is 41.1 Å². The van der Waals surface area contributed by atoms with Crippen molar-refractivity contribution in [1.82, 2.24) is 4.90 Å². The predicted molar refractivity (Wildman–Crippen MR) is 89.3 cm³/mol. The number of fused-ring (bicyclic) bond motifs is 1. The van der Waals surface area contributed by atoms with E-state index in [-0.39, 0.29) is 18.7 Å². The Bertz CT molecular complexity index is 627. The number of anilines is 1. The van der Waals surface area contributed by atoms with E-state index in [9.17, 15) is 9.90 Å². The smallest absolute Gasteiger partial charge is 0.322 e. The van der Waals surface area contributed by atoms with Crippen LogP contribution >= 0.6 is 11.3 Å². The highest BCUT2D eigenvalue weighted by molar-refractivity contribution is 7.08. The summed E-state index contributed by atoms with van der Waals surface area (Å²) in [6, 6.07) is 10.1. The Morgan fingerprint density at radius 3 is 3.00 bits per heavy atom. The SMILES string of the molecule is O=C(Nc1ccsc1)N(CCO)C1CCCc2ccccc21. The van der Waals surface area contributed by atoms with Gasteiger partial charge < -0.3 is 15.3 Å². The summed E-state index contributed by atoms with van der Waals surface area (Å²) >= 11 is 1.55. The lowest BCUT2D eigenvalue weighted by Crippen LogP contribution is -2.41. The average Bonchev–Trinajstić information content (AvgIpc) is 3.05. The zero-order chi connectivity index (χ0) is 15.4. The molecular formula is C17H20N2O2S. The highest BCUT2D eigenvalue weighted by atomic mass is 32.1. The number of nitrogens with one attached hydrogen (secondary N) is 1. The van der Waals surface area contributed by atoms with E-state index in [0.29, 0.717) is 6.54 Å². The Labute approximate surface area is 134 Å². The fraction of sp³-hybridized carbons (Fsp3) is 0.353. The highest BCUT2D eigenvalue weighted by Gasteiger charge is 2.28. The average molecular weight is 316 g/mol. The third-order valence-electron chi connectivity index (χ3n) is 4.09. The summed E-state index contributed by atoms with van der Waals surface area (Å²) in [6.45, 7) is 0.310. The van der Waals surface area contributed by atoms with Gasteiger partial charge in [0.05, 0.1) is 18.3 Å². The van der Waals surface area contributed by atoms with E-state index < -0.39 is 0 Å². The second-order valence-electron chi connectivity index (χ2n) is 5.47. The van der Waals surface area contributed by atoms with Gasteiger partial charge in [-0.15, -0.1) is 0 Å². The van der Waals surface area contributed by atoms with Crippen LogP contribution in [0.4, 0.5) is 10.5 Å². The molecule has 2 amide bonds. The molecule has 0 bridgehead atoms. The summed E-state index contributed by atoms with van der Waals surface area (Å²) in [6.07, 6.45) is 3.06. The lowest BCUT2D eigenvalue weighted by Gasteiger charge is -2.35. The van der Waals surface area contributed by atoms with E-state index in [4.69, 9.17) is 0 Å². The van der Waals surface area contributed by atoms with E-state index >= 15 is 0 Å². The van der Waals surface area contributed by atoms with Gasteiger partial charge in [-0.05, 0) is 41.8 Å². The maximum absolute atomic E-state index is 12.6. The largest absolute Gasteiger partial charge is 0.395 e. The Morgan fingerprint density at radius 1 is 1.36 bits per heavy atom. The van der Waals surface area contributed by atoms with E-state index in [1.54, 1.807) is 16.2 Å². The van der Waals surface area contributed by atoms with Gasteiger partial charge in [0.15, 0.2) is 0 Å². The van der Waals surface area contributed by atoms with Gasteiger partial charge in [0.2, 0.25) is 0 Å². The first-order valence-electron chi connectivity index (χ1n) is 7.58. The molecule has 0 spiro atoms. The fourth-order valence-electron chi connectivity index (χ4n) is 3.09. The topological polar surface area (TPSA) is 52.6 Å². The summed E-state index contributed by atoms with van der Waals surface area (Å²) < 4.78 is 0. The normalized spacial score (nSPS) is 16.9. The zero-order valence-corrected chi connectivity index (χ0v) is 13.2. The molecule has 1 aliphatic rings. The number of aliphatic hydroxyl groups is 1. The van der Waals surface area contributed by atoms with Gasteiger partial charge in [0.1, 0.15) is 0 Å². The van der Waals surface area contributed by atoms with E-state index in [1.807, 2.05) is 29.0 Å². The number of benzene rings is 1. The lowest BCUT2D eigenvalue weighted by molar-refractivity contribution is 0.155. The van der Waals surface area contributed by atoms with Crippen molar-refractivity contribution < 1.29 is 9.90 Å². The van der Waals surface area contributed by atoms with Gasteiger partial charge in [-0.3, -0.25) is 0 Å². The van der Waals surface area contributed by atoms with Crippen molar-refractivity contribution in [2.75, 3.05) is 18.5 Å². The van der Waals surface area contributed by atoms with E-state index in [1.165, 1.54) is 11.1 Å². The Kier molecular flexibility index (Phi) is 4.75. The quantitative estimate of drug-likeness (QED) is 0.904. The van der Waals surface area contributed by atoms with Crippen molar-refractivity contribution in [3.63, 3.8) is 0 Å². The molecule has 3 rings (SSSR count). The second kappa shape index (κ2) is 6.94. The first-order chi connectivity index (χ1) is 10.8. The number of aliphatic hydroxyl groups excluding tert-OH is 1. The monoisotopic (exact) mass is 316 g/mol. The third-order valence-corrected chi connectivity index (χ3v) is 4.77. The number of rotatable bonds is 4. The maximum Gasteiger partial charge on any atom is 0.322 e. The molecule has 2 N–H and O–H groups in total. The minimum atomic E-state index is -0.144. The third kappa shape index (κ3) is 3.15. The number of urea groups is 1. The molecule has 22 heavy (non-hydrogen) atoms. The summed E-state index contributed by atoms with van der Waals surface area (Å²) in [5, 5.41) is 16.1. The number of carbonyl (C=O) groups excluding carboxylic acids is 1. The first-order valence-corrected chi connectivity index (χ1v) is 8.52. The van der Waals surface area contributed by atoms with Gasteiger partial charge in [0.25, 0.3) is 0 Å². The molecule has 1 heterocycles. The summed E-state index contributed by atoms with van der Waals surface area (Å²) in [5.74, 6) is 0. The summed E-state index contributed by atoms with van der Waals surface area (Å²) in [7, 11) is 0. The molecule has 1 aromatic heterocycles. The van der Waals surface area contributed by atoms with Crippen molar-refractivity contribution in [2.45, 2.75) is 25.3 Å². The zero-order valence-electron chi connectivity index (χ0n) is 12.4. The molecule has 5 heteroatoms. The number of aryl methyl sites for hydroxylation is 1. The van der Waals surface area contributed by atoms with Crippen molar-refractivity contribution in [3.8, 4) is 0 Å². The number of carbonyl (C=O) groups is 1. The van der Waals surface area contributed by atoms with Crippen molar-refractivity contribution in [2.24, 2.45) is 0 Å². The van der Waals surface area contributed by atoms with Gasteiger partial charge >= 0.3 is 6.03 Å².